The summed E-state index contributed by atoms with van der Waals surface area (Å²) in [6, 6.07) is -1.20. The zero-order chi connectivity index (χ0) is 17.1. The quantitative estimate of drug-likeness (QED) is 0.184. The predicted octanol–water partition coefficient (Wildman–Crippen LogP) is -2.40. The molecule has 1 heterocycles. The van der Waals surface area contributed by atoms with Crippen molar-refractivity contribution in [2.24, 2.45) is 5.29 Å². The number of carbonyl (C=O) groups excluding carboxylic acids is 1. The first-order valence-electron chi connectivity index (χ1n) is 6.73. The average Bonchev–Trinajstić information content (AvgIpc) is 2.50. The Morgan fingerprint density at radius 2 is 1.95 bits per heavy atom. The van der Waals surface area contributed by atoms with Crippen molar-refractivity contribution in [2.45, 2.75) is 50.1 Å². The summed E-state index contributed by atoms with van der Waals surface area (Å²) >= 11 is 0. The number of aliphatic hydroxyl groups excluding tert-OH is 3. The van der Waals surface area contributed by atoms with Gasteiger partial charge >= 0.3 is 6.03 Å². The molecule has 0 aliphatic carbocycles. The normalized spacial score (nSPS) is 38.4. The van der Waals surface area contributed by atoms with Gasteiger partial charge in [0, 0.05) is 13.0 Å². The second kappa shape index (κ2) is 6.81. The van der Waals surface area contributed by atoms with E-state index < -0.39 is 42.5 Å². The second-order valence-corrected chi connectivity index (χ2v) is 4.91. The van der Waals surface area contributed by atoms with Crippen LogP contribution in [0.3, 0.4) is 0 Å². The van der Waals surface area contributed by atoms with Crippen molar-refractivity contribution in [3.63, 3.8) is 0 Å². The van der Waals surface area contributed by atoms with Crippen LogP contribution < -0.4 is 5.32 Å². The van der Waals surface area contributed by atoms with Crippen molar-refractivity contribution in [1.29, 1.82) is 0 Å². The minimum absolute atomic E-state index is 0.130. The molecule has 1 aliphatic rings. The number of amides is 2. The number of nitroso groups, excluding NO2 is 1. The van der Waals surface area contributed by atoms with Gasteiger partial charge in [-0.25, -0.2) is 4.79 Å². The molecule has 11 heteroatoms. The van der Waals surface area contributed by atoms with Gasteiger partial charge in [-0.2, -0.15) is 5.01 Å². The Hall–Kier alpha value is -1.37. The van der Waals surface area contributed by atoms with E-state index >= 15 is 0 Å². The Balaban J connectivity index is 3.14. The van der Waals surface area contributed by atoms with Gasteiger partial charge in [-0.3, -0.25) is 0 Å². The lowest BCUT2D eigenvalue weighted by molar-refractivity contribution is -0.395. The van der Waals surface area contributed by atoms with Crippen molar-refractivity contribution >= 4 is 6.03 Å². The summed E-state index contributed by atoms with van der Waals surface area (Å²) in [5.41, 5.74) is -2.82. The van der Waals surface area contributed by atoms with Gasteiger partial charge in [0.1, 0.15) is 18.3 Å². The van der Waals surface area contributed by atoms with Gasteiger partial charge < -0.3 is 35.6 Å². The number of nitrogens with zero attached hydrogens (tertiary/aromatic N) is 2. The molecule has 0 aromatic rings. The number of aliphatic hydroxyl groups is 5. The highest BCUT2D eigenvalue weighted by molar-refractivity contribution is 5.74. The van der Waals surface area contributed by atoms with Gasteiger partial charge in [-0.15, -0.1) is 4.91 Å². The molecule has 0 aromatic carbocycles. The summed E-state index contributed by atoms with van der Waals surface area (Å²) in [7, 11) is 0. The fourth-order valence-corrected chi connectivity index (χ4v) is 2.23. The van der Waals surface area contributed by atoms with Crippen LogP contribution in [0.2, 0.25) is 0 Å². The Morgan fingerprint density at radius 3 is 2.36 bits per heavy atom. The van der Waals surface area contributed by atoms with Crippen LogP contribution in [0.25, 0.3) is 0 Å². The largest absolute Gasteiger partial charge is 0.394 e. The average molecular weight is 323 g/mol. The number of urea groups is 1. The van der Waals surface area contributed by atoms with Crippen LogP contribution in [0.15, 0.2) is 5.29 Å². The molecule has 128 valence electrons. The van der Waals surface area contributed by atoms with Crippen molar-refractivity contribution in [3.8, 4) is 0 Å². The van der Waals surface area contributed by atoms with E-state index in [1.165, 1.54) is 13.8 Å². The summed E-state index contributed by atoms with van der Waals surface area (Å²) in [4.78, 5) is 22.3. The molecule has 1 rings (SSSR count). The monoisotopic (exact) mass is 323 g/mol. The van der Waals surface area contributed by atoms with E-state index in [1.54, 1.807) is 0 Å². The van der Waals surface area contributed by atoms with Crippen molar-refractivity contribution < 1.29 is 35.1 Å². The summed E-state index contributed by atoms with van der Waals surface area (Å²) in [6.07, 6.45) is -5.55. The Morgan fingerprint density at radius 1 is 1.36 bits per heavy atom. The predicted molar refractivity (Wildman–Crippen MR) is 70.9 cm³/mol. The molecule has 0 saturated carbocycles. The van der Waals surface area contributed by atoms with Crippen LogP contribution >= 0.6 is 0 Å². The molecule has 1 saturated heterocycles. The van der Waals surface area contributed by atoms with Gasteiger partial charge in [-0.05, 0) is 6.92 Å². The lowest BCUT2D eigenvalue weighted by atomic mass is 9.85. The maximum absolute atomic E-state index is 11.8. The zero-order valence-corrected chi connectivity index (χ0v) is 12.2. The summed E-state index contributed by atoms with van der Waals surface area (Å²) in [5.74, 6) is -2.50. The molecule has 0 aromatic heterocycles. The minimum atomic E-state index is -2.82. The Bertz CT molecular complexity index is 424. The molecule has 22 heavy (non-hydrogen) atoms. The smallest absolute Gasteiger partial charge is 0.342 e. The van der Waals surface area contributed by atoms with Gasteiger partial charge in [0.2, 0.25) is 11.5 Å². The Kier molecular flexibility index (Phi) is 5.78. The molecular formula is C11H21N3O8. The van der Waals surface area contributed by atoms with Crippen LogP contribution in [-0.2, 0) is 4.74 Å². The zero-order valence-electron chi connectivity index (χ0n) is 12.2. The van der Waals surface area contributed by atoms with Crippen LogP contribution in [0.5, 0.6) is 0 Å². The highest BCUT2D eigenvalue weighted by atomic mass is 16.7. The highest BCUT2D eigenvalue weighted by Crippen LogP contribution is 2.37. The molecule has 0 bridgehead atoms. The lowest BCUT2D eigenvalue weighted by Crippen LogP contribution is -2.79. The molecule has 5 atom stereocenters. The van der Waals surface area contributed by atoms with E-state index in [9.17, 15) is 30.1 Å². The first kappa shape index (κ1) is 18.7. The first-order chi connectivity index (χ1) is 10.2. The van der Waals surface area contributed by atoms with E-state index in [0.717, 1.165) is 0 Å². The summed E-state index contributed by atoms with van der Waals surface area (Å²) in [5, 5.41) is 54.4. The van der Waals surface area contributed by atoms with E-state index in [-0.39, 0.29) is 13.0 Å². The van der Waals surface area contributed by atoms with Crippen LogP contribution in [0, 0.1) is 4.91 Å². The van der Waals surface area contributed by atoms with Crippen molar-refractivity contribution in [2.75, 3.05) is 13.2 Å². The maximum atomic E-state index is 11.8. The number of hydrogen-bond donors (Lipinski definition) is 6. The van der Waals surface area contributed by atoms with E-state index in [0.29, 0.717) is 5.01 Å². The van der Waals surface area contributed by atoms with Gasteiger partial charge in [-0.1, -0.05) is 6.92 Å². The molecule has 0 spiro atoms. The fraction of sp³-hybridized carbons (Fsp3) is 0.909. The number of nitrogens with one attached hydrogen (secondary N) is 1. The maximum Gasteiger partial charge on any atom is 0.342 e. The van der Waals surface area contributed by atoms with Crippen LogP contribution in [0.4, 0.5) is 4.79 Å². The van der Waals surface area contributed by atoms with Crippen LogP contribution in [0.1, 0.15) is 20.3 Å². The second-order valence-electron chi connectivity index (χ2n) is 4.91. The van der Waals surface area contributed by atoms with Crippen molar-refractivity contribution in [3.05, 3.63) is 4.91 Å². The summed E-state index contributed by atoms with van der Waals surface area (Å²) < 4.78 is 5.02. The number of carbonyl (C=O) groups is 1. The number of rotatable bonds is 5. The summed E-state index contributed by atoms with van der Waals surface area (Å²) in [6.45, 7) is 1.95. The van der Waals surface area contributed by atoms with Crippen LogP contribution in [-0.4, -0.2) is 79.5 Å². The molecule has 1 fully saturated rings. The van der Waals surface area contributed by atoms with E-state index in [1.807, 2.05) is 5.32 Å². The highest BCUT2D eigenvalue weighted by Gasteiger charge is 2.63. The fourth-order valence-electron chi connectivity index (χ4n) is 2.23. The SMILES string of the molecule is CCN(N=O)C(=O)N[C@@]1(O)[C@@H](O)[C@H](O)[C@@H](CO)O[C@]1(O)CC. The number of hydrogen-bond acceptors (Lipinski definition) is 9. The molecule has 1 aliphatic heterocycles. The molecule has 0 radical (unpaired) electrons. The first-order valence-corrected chi connectivity index (χ1v) is 6.73. The Labute approximate surface area is 126 Å². The van der Waals surface area contributed by atoms with Gasteiger partial charge in [0.25, 0.3) is 0 Å². The molecule has 11 nitrogen and oxygen atoms in total. The topological polar surface area (TPSA) is 172 Å². The standard InChI is InChI=1S/C11H21N3O8/c1-3-10(19)11(20,12-9(18)14(4-2)13-21)8(17)7(16)6(5-15)22-10/h6-8,15-17,19-20H,3-5H2,1-2H3,(H,12,18)/t6-,7-,8+,10-,11-/m1/s1. The van der Waals surface area contributed by atoms with Gasteiger partial charge in [0.15, 0.2) is 0 Å². The molecule has 6 N–H and O–H groups in total. The minimum Gasteiger partial charge on any atom is -0.394 e. The number of ether oxygens (including phenoxy) is 1. The third-order valence-corrected chi connectivity index (χ3v) is 3.66. The van der Waals surface area contributed by atoms with Gasteiger partial charge in [0.05, 0.1) is 11.9 Å². The third kappa shape index (κ3) is 2.91. The lowest BCUT2D eigenvalue weighted by Gasteiger charge is -2.52. The van der Waals surface area contributed by atoms with E-state index in [4.69, 9.17) is 9.84 Å². The molecule has 2 amide bonds. The van der Waals surface area contributed by atoms with Crippen molar-refractivity contribution in [1.82, 2.24) is 10.3 Å². The molecular weight excluding hydrogens is 302 g/mol. The molecule has 0 unspecified atom stereocenters. The third-order valence-electron chi connectivity index (χ3n) is 3.66. The van der Waals surface area contributed by atoms with E-state index in [2.05, 4.69) is 5.29 Å².